The monoisotopic (exact) mass is 480 g/mol. The fourth-order valence-corrected chi connectivity index (χ4v) is 4.32. The minimum atomic E-state index is -1.14. The topological polar surface area (TPSA) is 117 Å². The molecule has 1 saturated heterocycles. The number of oxazole rings is 1. The second-order valence-electron chi connectivity index (χ2n) is 8.61. The second kappa shape index (κ2) is 8.99. The van der Waals surface area contributed by atoms with Crippen LogP contribution in [0.15, 0.2) is 34.9 Å². The minimum absolute atomic E-state index is 0.0578. The Labute approximate surface area is 199 Å². The van der Waals surface area contributed by atoms with Crippen molar-refractivity contribution in [2.75, 3.05) is 43.4 Å². The van der Waals surface area contributed by atoms with Crippen LogP contribution in [0.3, 0.4) is 0 Å². The van der Waals surface area contributed by atoms with Gasteiger partial charge in [0.1, 0.15) is 17.5 Å². The lowest BCUT2D eigenvalue weighted by molar-refractivity contribution is -0.136. The molecule has 35 heavy (non-hydrogen) atoms. The number of nitrogens with one attached hydrogen (secondary N) is 1. The van der Waals surface area contributed by atoms with Crippen LogP contribution in [-0.2, 0) is 17.8 Å². The van der Waals surface area contributed by atoms with Gasteiger partial charge in [-0.25, -0.2) is 9.37 Å². The zero-order chi connectivity index (χ0) is 24.7. The van der Waals surface area contributed by atoms with E-state index in [1.54, 1.807) is 10.7 Å². The maximum atomic E-state index is 14.6. The standard InChI is InChI=1S/C24H25FN6O4/c1-3-31-13-16-18(30-8-6-29(2)7-9-30)5-4-15(22(16)28-31)24(34)26-14-10-17(25)23-19(11-14)35-20(27-23)12-21(32)33/h4-5,10-11,13H,3,6-9,12H2,1-2H3,(H,26,34)(H,32,33). The van der Waals surface area contributed by atoms with Crippen LogP contribution >= 0.6 is 0 Å². The molecular weight excluding hydrogens is 455 g/mol. The lowest BCUT2D eigenvalue weighted by Gasteiger charge is -2.34. The highest BCUT2D eigenvalue weighted by Gasteiger charge is 2.22. The Balaban J connectivity index is 1.47. The molecule has 4 aromatic rings. The number of fused-ring (bicyclic) bond motifs is 2. The van der Waals surface area contributed by atoms with E-state index in [9.17, 15) is 14.0 Å². The third-order valence-corrected chi connectivity index (χ3v) is 6.17. The summed E-state index contributed by atoms with van der Waals surface area (Å²) >= 11 is 0. The van der Waals surface area contributed by atoms with Crippen molar-refractivity contribution in [3.63, 3.8) is 0 Å². The molecule has 1 aliphatic heterocycles. The number of likely N-dealkylation sites (N-methyl/N-ethyl adjacent to an activating group) is 1. The van der Waals surface area contributed by atoms with Crippen LogP contribution < -0.4 is 10.2 Å². The highest BCUT2D eigenvalue weighted by Crippen LogP contribution is 2.31. The minimum Gasteiger partial charge on any atom is -0.481 e. The highest BCUT2D eigenvalue weighted by molar-refractivity contribution is 6.14. The number of benzene rings is 2. The Morgan fingerprint density at radius 3 is 2.66 bits per heavy atom. The average Bonchev–Trinajstić information content (AvgIpc) is 3.42. The number of carbonyl (C=O) groups excluding carboxylic acids is 1. The number of anilines is 2. The molecule has 0 aliphatic carbocycles. The lowest BCUT2D eigenvalue weighted by atomic mass is 10.1. The Morgan fingerprint density at radius 1 is 1.17 bits per heavy atom. The Bertz CT molecular complexity index is 1440. The summed E-state index contributed by atoms with van der Waals surface area (Å²) in [5, 5.41) is 17.1. The number of amides is 1. The number of carboxylic acids is 1. The summed E-state index contributed by atoms with van der Waals surface area (Å²) in [7, 11) is 2.10. The van der Waals surface area contributed by atoms with Crippen LogP contribution in [0.2, 0.25) is 0 Å². The van der Waals surface area contributed by atoms with Gasteiger partial charge in [-0.1, -0.05) is 0 Å². The van der Waals surface area contributed by atoms with E-state index in [0.29, 0.717) is 17.6 Å². The molecule has 0 radical (unpaired) electrons. The van der Waals surface area contributed by atoms with Gasteiger partial charge >= 0.3 is 5.97 Å². The summed E-state index contributed by atoms with van der Waals surface area (Å²) < 4.78 is 21.7. The van der Waals surface area contributed by atoms with Crippen molar-refractivity contribution in [2.24, 2.45) is 0 Å². The predicted octanol–water partition coefficient (Wildman–Crippen LogP) is 2.97. The van der Waals surface area contributed by atoms with Gasteiger partial charge < -0.3 is 24.6 Å². The third-order valence-electron chi connectivity index (χ3n) is 6.17. The summed E-state index contributed by atoms with van der Waals surface area (Å²) in [5.74, 6) is -2.41. The normalized spacial score (nSPS) is 14.7. The Kier molecular flexibility index (Phi) is 5.85. The average molecular weight is 481 g/mol. The number of carboxylic acid groups (broad SMARTS) is 1. The number of nitrogens with zero attached hydrogens (tertiary/aromatic N) is 5. The molecule has 3 heterocycles. The van der Waals surface area contributed by atoms with Crippen molar-refractivity contribution >= 4 is 45.3 Å². The number of halogens is 1. The largest absolute Gasteiger partial charge is 0.481 e. The summed E-state index contributed by atoms with van der Waals surface area (Å²) in [4.78, 5) is 32.6. The van der Waals surface area contributed by atoms with E-state index in [4.69, 9.17) is 9.52 Å². The van der Waals surface area contributed by atoms with Crippen molar-refractivity contribution in [1.29, 1.82) is 0 Å². The number of aryl methyl sites for hydroxylation is 1. The maximum absolute atomic E-state index is 14.6. The Hall–Kier alpha value is -3.99. The van der Waals surface area contributed by atoms with Gasteiger partial charge in [0.2, 0.25) is 5.89 Å². The van der Waals surface area contributed by atoms with Crippen molar-refractivity contribution in [2.45, 2.75) is 19.9 Å². The smallest absolute Gasteiger partial charge is 0.312 e. The molecule has 1 aliphatic rings. The van der Waals surface area contributed by atoms with Crippen LogP contribution in [0, 0.1) is 5.82 Å². The molecule has 1 fully saturated rings. The third kappa shape index (κ3) is 4.42. The molecule has 0 unspecified atom stereocenters. The van der Waals surface area contributed by atoms with Gasteiger partial charge in [0.15, 0.2) is 11.4 Å². The molecule has 11 heteroatoms. The number of carbonyl (C=O) groups is 2. The first kappa shape index (κ1) is 22.8. The van der Waals surface area contributed by atoms with Gasteiger partial charge in [-0.3, -0.25) is 14.3 Å². The molecule has 2 aromatic heterocycles. The number of piperazine rings is 1. The molecule has 2 N–H and O–H groups in total. The van der Waals surface area contributed by atoms with Crippen LogP contribution in [0.25, 0.3) is 22.0 Å². The maximum Gasteiger partial charge on any atom is 0.312 e. The van der Waals surface area contributed by atoms with Crippen LogP contribution in [0.4, 0.5) is 15.8 Å². The van der Waals surface area contributed by atoms with E-state index >= 15 is 0 Å². The molecule has 5 rings (SSSR count). The molecule has 0 bridgehead atoms. The van der Waals surface area contributed by atoms with Crippen LogP contribution in [-0.4, -0.2) is 69.9 Å². The van der Waals surface area contributed by atoms with Crippen molar-refractivity contribution in [3.8, 4) is 0 Å². The molecule has 1 amide bonds. The number of aromatic nitrogens is 3. The van der Waals surface area contributed by atoms with Crippen LogP contribution in [0.5, 0.6) is 0 Å². The molecule has 10 nitrogen and oxygen atoms in total. The van der Waals surface area contributed by atoms with E-state index in [0.717, 1.165) is 43.3 Å². The summed E-state index contributed by atoms with van der Waals surface area (Å²) in [6, 6.07) is 6.23. The van der Waals surface area contributed by atoms with Crippen molar-refractivity contribution in [1.82, 2.24) is 19.7 Å². The molecule has 182 valence electrons. The second-order valence-corrected chi connectivity index (χ2v) is 8.61. The molecular formula is C24H25FN6O4. The van der Waals surface area contributed by atoms with E-state index in [1.807, 2.05) is 19.2 Å². The van der Waals surface area contributed by atoms with E-state index in [-0.39, 0.29) is 22.7 Å². The zero-order valence-corrected chi connectivity index (χ0v) is 19.4. The number of hydrogen-bond acceptors (Lipinski definition) is 7. The van der Waals surface area contributed by atoms with Gasteiger partial charge in [0, 0.05) is 61.7 Å². The quantitative estimate of drug-likeness (QED) is 0.433. The van der Waals surface area contributed by atoms with E-state index < -0.39 is 24.1 Å². The lowest BCUT2D eigenvalue weighted by Crippen LogP contribution is -2.44. The number of hydrogen-bond donors (Lipinski definition) is 2. The molecule has 2 aromatic carbocycles. The van der Waals surface area contributed by atoms with E-state index in [2.05, 4.69) is 32.2 Å². The molecule has 0 atom stereocenters. The van der Waals surface area contributed by atoms with E-state index in [1.165, 1.54) is 6.07 Å². The predicted molar refractivity (Wildman–Crippen MR) is 128 cm³/mol. The SMILES string of the molecule is CCn1cc2c(N3CCN(C)CC3)ccc(C(=O)Nc3cc(F)c4nc(CC(=O)O)oc4c3)c2n1. The van der Waals surface area contributed by atoms with Gasteiger partial charge in [-0.05, 0) is 32.2 Å². The molecule has 0 spiro atoms. The Morgan fingerprint density at radius 2 is 1.94 bits per heavy atom. The fraction of sp³-hybridized carbons (Fsp3) is 0.333. The summed E-state index contributed by atoms with van der Waals surface area (Å²) in [5.41, 5.74) is 2.12. The fourth-order valence-electron chi connectivity index (χ4n) is 4.32. The van der Waals surface area contributed by atoms with Gasteiger partial charge in [-0.2, -0.15) is 5.10 Å². The van der Waals surface area contributed by atoms with Crippen molar-refractivity contribution in [3.05, 3.63) is 47.7 Å². The van der Waals surface area contributed by atoms with Gasteiger partial charge in [-0.15, -0.1) is 0 Å². The number of rotatable bonds is 6. The first-order valence-electron chi connectivity index (χ1n) is 11.4. The van der Waals surface area contributed by atoms with Gasteiger partial charge in [0.05, 0.1) is 5.56 Å². The number of aliphatic carboxylic acids is 1. The first-order valence-corrected chi connectivity index (χ1v) is 11.4. The van der Waals surface area contributed by atoms with Crippen molar-refractivity contribution < 1.29 is 23.5 Å². The van der Waals surface area contributed by atoms with Gasteiger partial charge in [0.25, 0.3) is 5.91 Å². The first-order chi connectivity index (χ1) is 16.8. The molecule has 0 saturated carbocycles. The highest BCUT2D eigenvalue weighted by atomic mass is 19.1. The summed E-state index contributed by atoms with van der Waals surface area (Å²) in [6.45, 7) is 6.31. The zero-order valence-electron chi connectivity index (χ0n) is 19.4. The summed E-state index contributed by atoms with van der Waals surface area (Å²) in [6.07, 6.45) is 1.48. The van der Waals surface area contributed by atoms with Crippen LogP contribution in [0.1, 0.15) is 23.2 Å².